The Kier molecular flexibility index (Phi) is 5.93. The Morgan fingerprint density at radius 3 is 2.30 bits per heavy atom. The summed E-state index contributed by atoms with van der Waals surface area (Å²) < 4.78 is 80.7. The lowest BCUT2D eigenvalue weighted by molar-refractivity contribution is -0.143. The van der Waals surface area contributed by atoms with Gasteiger partial charge < -0.3 is 4.74 Å². The van der Waals surface area contributed by atoms with Crippen molar-refractivity contribution < 1.29 is 35.9 Å². The smallest absolute Gasteiger partial charge is 0.446 e. The lowest BCUT2D eigenvalue weighted by Gasteiger charge is -2.16. The summed E-state index contributed by atoms with van der Waals surface area (Å²) in [5.41, 5.74) is -7.63. The van der Waals surface area contributed by atoms with Crippen LogP contribution in [0.4, 0.5) is 26.3 Å². The lowest BCUT2D eigenvalue weighted by atomic mass is 9.98. The molecule has 0 saturated carbocycles. The van der Waals surface area contributed by atoms with Gasteiger partial charge >= 0.3 is 17.7 Å². The summed E-state index contributed by atoms with van der Waals surface area (Å²) in [5.74, 6) is -1.01. The quantitative estimate of drug-likeness (QED) is 0.458. The number of alkyl halides is 6. The molecule has 1 aromatic carbocycles. The van der Waals surface area contributed by atoms with Crippen molar-refractivity contribution >= 4 is 17.7 Å². The average molecular weight is 357 g/mol. The van der Waals surface area contributed by atoms with Crippen LogP contribution in [-0.4, -0.2) is 18.1 Å². The van der Waals surface area contributed by atoms with E-state index in [0.29, 0.717) is 6.07 Å². The largest absolute Gasteiger partial charge is 0.466 e. The Morgan fingerprint density at radius 2 is 1.87 bits per heavy atom. The van der Waals surface area contributed by atoms with Crippen molar-refractivity contribution in [1.29, 1.82) is 5.26 Å². The molecule has 23 heavy (non-hydrogen) atoms. The maximum absolute atomic E-state index is 13.1. The van der Waals surface area contributed by atoms with E-state index >= 15 is 0 Å². The number of halogens is 6. The molecule has 0 bridgehead atoms. The number of ether oxygens (including phenoxy) is 1. The highest BCUT2D eigenvalue weighted by molar-refractivity contribution is 8.00. The Balaban J connectivity index is 3.43. The van der Waals surface area contributed by atoms with Crippen molar-refractivity contribution in [2.75, 3.05) is 6.61 Å². The third-order valence-corrected chi connectivity index (χ3v) is 3.21. The molecule has 1 aromatic rings. The summed E-state index contributed by atoms with van der Waals surface area (Å²) in [4.78, 5) is 10.6. The normalized spacial score (nSPS) is 11.9. The number of thioether (sulfide) groups is 1. The number of nitrogens with zero attached hydrogens (tertiary/aromatic N) is 1. The van der Waals surface area contributed by atoms with Gasteiger partial charge in [-0.3, -0.25) is 4.79 Å². The summed E-state index contributed by atoms with van der Waals surface area (Å²) in [6, 6.07) is 2.33. The molecule has 0 spiro atoms. The van der Waals surface area contributed by atoms with Gasteiger partial charge in [0.2, 0.25) is 0 Å². The molecule has 0 aromatic heterocycles. The molecule has 0 heterocycles. The zero-order valence-electron chi connectivity index (χ0n) is 11.5. The Labute approximate surface area is 131 Å². The molecule has 0 unspecified atom stereocenters. The summed E-state index contributed by atoms with van der Waals surface area (Å²) in [5, 5.41) is 8.91. The minimum atomic E-state index is -5.02. The fourth-order valence-corrected chi connectivity index (χ4v) is 2.36. The van der Waals surface area contributed by atoms with Gasteiger partial charge in [0, 0.05) is 4.90 Å². The summed E-state index contributed by atoms with van der Waals surface area (Å²) in [6.45, 7) is 1.36. The number of hydrogen-bond acceptors (Lipinski definition) is 4. The van der Waals surface area contributed by atoms with E-state index in [-0.39, 0.29) is 12.7 Å². The molecule has 0 fully saturated rings. The molecule has 1 rings (SSSR count). The molecule has 10 heteroatoms. The third kappa shape index (κ3) is 5.67. The van der Waals surface area contributed by atoms with Gasteiger partial charge in [-0.05, 0) is 36.4 Å². The van der Waals surface area contributed by atoms with Crippen LogP contribution in [0.1, 0.15) is 23.6 Å². The van der Waals surface area contributed by atoms with Crippen molar-refractivity contribution in [2.45, 2.75) is 29.9 Å². The van der Waals surface area contributed by atoms with Crippen LogP contribution < -0.4 is 0 Å². The van der Waals surface area contributed by atoms with Crippen LogP contribution in [0.25, 0.3) is 0 Å². The SMILES string of the molecule is CCOC(=O)Cc1c(C#N)cc(SC(F)(F)F)cc1C(F)(F)F. The Morgan fingerprint density at radius 1 is 1.26 bits per heavy atom. The summed E-state index contributed by atoms with van der Waals surface area (Å²) >= 11 is -0.769. The van der Waals surface area contributed by atoms with Crippen LogP contribution in [0, 0.1) is 11.3 Å². The average Bonchev–Trinajstić information content (AvgIpc) is 2.37. The topological polar surface area (TPSA) is 50.1 Å². The van der Waals surface area contributed by atoms with Crippen LogP contribution in [0.2, 0.25) is 0 Å². The minimum Gasteiger partial charge on any atom is -0.466 e. The molecule has 0 saturated heterocycles. The number of carbonyl (C=O) groups excluding carboxylic acids is 1. The van der Waals surface area contributed by atoms with E-state index in [2.05, 4.69) is 4.74 Å². The summed E-state index contributed by atoms with van der Waals surface area (Å²) in [6.07, 6.45) is -5.88. The first-order valence-corrected chi connectivity index (χ1v) is 6.85. The van der Waals surface area contributed by atoms with Crippen LogP contribution in [0.15, 0.2) is 17.0 Å². The van der Waals surface area contributed by atoms with Crippen molar-refractivity contribution in [3.8, 4) is 6.07 Å². The molecule has 0 amide bonds. The first-order chi connectivity index (χ1) is 10.5. The zero-order chi connectivity index (χ0) is 17.8. The van der Waals surface area contributed by atoms with Crippen molar-refractivity contribution in [1.82, 2.24) is 0 Å². The molecule has 0 aliphatic heterocycles. The van der Waals surface area contributed by atoms with Gasteiger partial charge in [-0.2, -0.15) is 31.6 Å². The number of hydrogen-bond donors (Lipinski definition) is 0. The highest BCUT2D eigenvalue weighted by atomic mass is 32.2. The number of carbonyl (C=O) groups is 1. The van der Waals surface area contributed by atoms with Crippen molar-refractivity contribution in [3.63, 3.8) is 0 Å². The van der Waals surface area contributed by atoms with Crippen LogP contribution >= 0.6 is 11.8 Å². The van der Waals surface area contributed by atoms with Crippen molar-refractivity contribution in [2.24, 2.45) is 0 Å². The van der Waals surface area contributed by atoms with Crippen LogP contribution in [-0.2, 0) is 22.1 Å². The fourth-order valence-electron chi connectivity index (χ4n) is 1.74. The molecule has 0 atom stereocenters. The van der Waals surface area contributed by atoms with Gasteiger partial charge in [0.05, 0.1) is 30.2 Å². The highest BCUT2D eigenvalue weighted by Gasteiger charge is 2.37. The maximum Gasteiger partial charge on any atom is 0.446 e. The molecule has 3 nitrogen and oxygen atoms in total. The molecule has 0 aliphatic rings. The molecular formula is C13H9F6NO2S. The standard InChI is InChI=1S/C13H9F6NO2S/c1-2-22-11(21)5-9-7(6-20)3-8(23-13(17,18)19)4-10(9)12(14,15)16/h3-4H,2,5H2,1H3. The van der Waals surface area contributed by atoms with Gasteiger partial charge in [-0.1, -0.05) is 0 Å². The van der Waals surface area contributed by atoms with E-state index in [0.717, 1.165) is 0 Å². The molecular weight excluding hydrogens is 348 g/mol. The molecule has 0 aliphatic carbocycles. The minimum absolute atomic E-state index is 0.0793. The van der Waals surface area contributed by atoms with Crippen LogP contribution in [0.5, 0.6) is 0 Å². The van der Waals surface area contributed by atoms with Gasteiger partial charge in [0.15, 0.2) is 0 Å². The summed E-state index contributed by atoms with van der Waals surface area (Å²) in [7, 11) is 0. The monoisotopic (exact) mass is 357 g/mol. The van der Waals surface area contributed by atoms with Crippen molar-refractivity contribution in [3.05, 3.63) is 28.8 Å². The highest BCUT2D eigenvalue weighted by Crippen LogP contribution is 2.41. The van der Waals surface area contributed by atoms with E-state index in [4.69, 9.17) is 5.26 Å². The fraction of sp³-hybridized carbons (Fsp3) is 0.385. The predicted octanol–water partition coefficient (Wildman–Crippen LogP) is 4.29. The zero-order valence-corrected chi connectivity index (χ0v) is 12.3. The van der Waals surface area contributed by atoms with E-state index in [1.54, 1.807) is 0 Å². The number of rotatable bonds is 4. The second-order valence-corrected chi connectivity index (χ2v) is 5.27. The maximum atomic E-state index is 13.1. The lowest BCUT2D eigenvalue weighted by Crippen LogP contribution is -2.16. The van der Waals surface area contributed by atoms with Gasteiger partial charge in [-0.15, -0.1) is 0 Å². The second-order valence-electron chi connectivity index (χ2n) is 4.14. The van der Waals surface area contributed by atoms with E-state index in [1.807, 2.05) is 0 Å². The molecule has 0 radical (unpaired) electrons. The van der Waals surface area contributed by atoms with Gasteiger partial charge in [0.25, 0.3) is 0 Å². The van der Waals surface area contributed by atoms with E-state index in [9.17, 15) is 31.1 Å². The second kappa shape index (κ2) is 7.12. The Bertz CT molecular complexity index is 633. The Hall–Kier alpha value is -1.89. The first kappa shape index (κ1) is 19.2. The van der Waals surface area contributed by atoms with Gasteiger partial charge in [0.1, 0.15) is 0 Å². The third-order valence-electron chi connectivity index (χ3n) is 2.51. The predicted molar refractivity (Wildman–Crippen MR) is 68.4 cm³/mol. The molecule has 126 valence electrons. The number of nitriles is 1. The van der Waals surface area contributed by atoms with Gasteiger partial charge in [-0.25, -0.2) is 0 Å². The number of benzene rings is 1. The van der Waals surface area contributed by atoms with Crippen LogP contribution in [0.3, 0.4) is 0 Å². The number of esters is 1. The van der Waals surface area contributed by atoms with E-state index < -0.39 is 57.4 Å². The van der Waals surface area contributed by atoms with E-state index in [1.165, 1.54) is 13.0 Å². The first-order valence-electron chi connectivity index (χ1n) is 6.03. The molecule has 0 N–H and O–H groups in total.